The number of hydrogen-bond acceptors (Lipinski definition) is 4. The zero-order valence-corrected chi connectivity index (χ0v) is 12.6. The Labute approximate surface area is 125 Å². The highest BCUT2D eigenvalue weighted by atomic mass is 16.5. The van der Waals surface area contributed by atoms with Crippen LogP contribution in [0, 0.1) is 11.3 Å². The standard InChI is InChI=1S/C16H21N3O2/c1-18(2)16(20)15-4-3-9-19(15)10-11-21-14-7-5-13(12-17)6-8-14/h5-8,15H,3-4,9-11H2,1-2H3. The molecule has 1 heterocycles. The molecule has 2 rings (SSSR count). The minimum atomic E-state index is -0.00966. The summed E-state index contributed by atoms with van der Waals surface area (Å²) in [5.41, 5.74) is 0.624. The molecule has 1 amide bonds. The molecule has 1 aliphatic rings. The Kier molecular flexibility index (Phi) is 5.18. The van der Waals surface area contributed by atoms with Gasteiger partial charge in [0.2, 0.25) is 5.91 Å². The third-order valence-corrected chi connectivity index (χ3v) is 3.72. The lowest BCUT2D eigenvalue weighted by Crippen LogP contribution is -2.44. The van der Waals surface area contributed by atoms with Crippen LogP contribution in [0.1, 0.15) is 18.4 Å². The fourth-order valence-corrected chi connectivity index (χ4v) is 2.58. The quantitative estimate of drug-likeness (QED) is 0.823. The van der Waals surface area contributed by atoms with Crippen molar-refractivity contribution >= 4 is 5.91 Å². The van der Waals surface area contributed by atoms with Crippen LogP contribution in [0.15, 0.2) is 24.3 Å². The first-order valence-electron chi connectivity index (χ1n) is 7.20. The minimum absolute atomic E-state index is 0.00966. The summed E-state index contributed by atoms with van der Waals surface area (Å²) in [4.78, 5) is 15.9. The molecule has 0 saturated carbocycles. The lowest BCUT2D eigenvalue weighted by molar-refractivity contribution is -0.133. The highest BCUT2D eigenvalue weighted by molar-refractivity contribution is 5.81. The maximum atomic E-state index is 12.1. The van der Waals surface area contributed by atoms with Crippen molar-refractivity contribution in [2.45, 2.75) is 18.9 Å². The third kappa shape index (κ3) is 3.96. The van der Waals surface area contributed by atoms with Gasteiger partial charge < -0.3 is 9.64 Å². The van der Waals surface area contributed by atoms with Crippen molar-refractivity contribution in [3.63, 3.8) is 0 Å². The largest absolute Gasteiger partial charge is 0.492 e. The highest BCUT2D eigenvalue weighted by Gasteiger charge is 2.31. The number of benzene rings is 1. The monoisotopic (exact) mass is 287 g/mol. The predicted molar refractivity (Wildman–Crippen MR) is 79.9 cm³/mol. The van der Waals surface area contributed by atoms with Gasteiger partial charge in [-0.2, -0.15) is 5.26 Å². The fraction of sp³-hybridized carbons (Fsp3) is 0.500. The van der Waals surface area contributed by atoms with Gasteiger partial charge in [-0.15, -0.1) is 0 Å². The Bertz CT molecular complexity index is 519. The number of likely N-dealkylation sites (N-methyl/N-ethyl adjacent to an activating group) is 1. The zero-order chi connectivity index (χ0) is 15.2. The summed E-state index contributed by atoms with van der Waals surface area (Å²) in [6, 6.07) is 9.14. The van der Waals surface area contributed by atoms with Gasteiger partial charge in [0.15, 0.2) is 0 Å². The average molecular weight is 287 g/mol. The van der Waals surface area contributed by atoms with Gasteiger partial charge in [0.05, 0.1) is 17.7 Å². The third-order valence-electron chi connectivity index (χ3n) is 3.72. The first kappa shape index (κ1) is 15.3. The molecule has 1 unspecified atom stereocenters. The molecule has 0 aromatic heterocycles. The second kappa shape index (κ2) is 7.09. The Balaban J connectivity index is 1.82. The van der Waals surface area contributed by atoms with Crippen molar-refractivity contribution in [3.8, 4) is 11.8 Å². The summed E-state index contributed by atoms with van der Waals surface area (Å²) in [5.74, 6) is 0.926. The molecule has 5 nitrogen and oxygen atoms in total. The molecule has 0 radical (unpaired) electrons. The summed E-state index contributed by atoms with van der Waals surface area (Å²) in [6.45, 7) is 2.23. The van der Waals surface area contributed by atoms with Crippen LogP contribution in [0.5, 0.6) is 5.75 Å². The predicted octanol–water partition coefficient (Wildman–Crippen LogP) is 1.49. The summed E-state index contributed by atoms with van der Waals surface area (Å²) in [5, 5.41) is 8.74. The van der Waals surface area contributed by atoms with Crippen LogP contribution in [-0.4, -0.2) is 55.5 Å². The molecule has 0 N–H and O–H groups in total. The molecule has 5 heteroatoms. The van der Waals surface area contributed by atoms with Crippen molar-refractivity contribution < 1.29 is 9.53 Å². The van der Waals surface area contributed by atoms with E-state index >= 15 is 0 Å². The average Bonchev–Trinajstić information content (AvgIpc) is 2.95. The molecule has 1 aliphatic heterocycles. The van der Waals surface area contributed by atoms with Crippen LogP contribution in [0.25, 0.3) is 0 Å². The molecule has 21 heavy (non-hydrogen) atoms. The smallest absolute Gasteiger partial charge is 0.239 e. The number of likely N-dealkylation sites (tertiary alicyclic amines) is 1. The van der Waals surface area contributed by atoms with Crippen LogP contribution in [0.3, 0.4) is 0 Å². The summed E-state index contributed by atoms with van der Waals surface area (Å²) >= 11 is 0. The number of nitrogens with zero attached hydrogens (tertiary/aromatic N) is 3. The van der Waals surface area contributed by atoms with E-state index in [9.17, 15) is 4.79 Å². The van der Waals surface area contributed by atoms with Gasteiger partial charge in [0.1, 0.15) is 12.4 Å². The summed E-state index contributed by atoms with van der Waals surface area (Å²) in [6.07, 6.45) is 1.98. The maximum Gasteiger partial charge on any atom is 0.239 e. The molecule has 1 aromatic carbocycles. The van der Waals surface area contributed by atoms with Crippen molar-refractivity contribution in [1.82, 2.24) is 9.80 Å². The second-order valence-corrected chi connectivity index (χ2v) is 5.41. The first-order chi connectivity index (χ1) is 10.1. The number of ether oxygens (including phenoxy) is 1. The van der Waals surface area contributed by atoms with E-state index in [0.717, 1.165) is 31.7 Å². The van der Waals surface area contributed by atoms with Crippen LogP contribution in [0.4, 0.5) is 0 Å². The van der Waals surface area contributed by atoms with Crippen molar-refractivity contribution in [1.29, 1.82) is 5.26 Å². The van der Waals surface area contributed by atoms with E-state index in [0.29, 0.717) is 12.2 Å². The SMILES string of the molecule is CN(C)C(=O)C1CCCN1CCOc1ccc(C#N)cc1. The number of carbonyl (C=O) groups is 1. The molecule has 0 spiro atoms. The Morgan fingerprint density at radius 1 is 1.43 bits per heavy atom. The van der Waals surface area contributed by atoms with E-state index < -0.39 is 0 Å². The normalized spacial score (nSPS) is 18.2. The van der Waals surface area contributed by atoms with Gasteiger partial charge in [-0.05, 0) is 43.7 Å². The number of hydrogen-bond donors (Lipinski definition) is 0. The van der Waals surface area contributed by atoms with Crippen LogP contribution >= 0.6 is 0 Å². The number of carbonyl (C=O) groups excluding carboxylic acids is 1. The number of rotatable bonds is 5. The van der Waals surface area contributed by atoms with Crippen molar-refractivity contribution in [2.24, 2.45) is 0 Å². The lowest BCUT2D eigenvalue weighted by atomic mass is 10.2. The number of amides is 1. The van der Waals surface area contributed by atoms with E-state index in [-0.39, 0.29) is 11.9 Å². The van der Waals surface area contributed by atoms with Crippen LogP contribution in [-0.2, 0) is 4.79 Å². The van der Waals surface area contributed by atoms with Gasteiger partial charge in [0, 0.05) is 20.6 Å². The number of nitriles is 1. The molecule has 1 saturated heterocycles. The van der Waals surface area contributed by atoms with E-state index in [4.69, 9.17) is 10.00 Å². The highest BCUT2D eigenvalue weighted by Crippen LogP contribution is 2.18. The van der Waals surface area contributed by atoms with Crippen LogP contribution < -0.4 is 4.74 Å². The molecule has 112 valence electrons. The molecular formula is C16H21N3O2. The van der Waals surface area contributed by atoms with Gasteiger partial charge in [-0.25, -0.2) is 0 Å². The molecule has 1 fully saturated rings. The van der Waals surface area contributed by atoms with E-state index in [1.165, 1.54) is 0 Å². The fourth-order valence-electron chi connectivity index (χ4n) is 2.58. The first-order valence-corrected chi connectivity index (χ1v) is 7.20. The molecule has 1 aromatic rings. The van der Waals surface area contributed by atoms with Crippen LogP contribution in [0.2, 0.25) is 0 Å². The molecule has 0 bridgehead atoms. The molecular weight excluding hydrogens is 266 g/mol. The second-order valence-electron chi connectivity index (χ2n) is 5.41. The van der Waals surface area contributed by atoms with Crippen molar-refractivity contribution in [3.05, 3.63) is 29.8 Å². The Morgan fingerprint density at radius 3 is 2.76 bits per heavy atom. The zero-order valence-electron chi connectivity index (χ0n) is 12.6. The van der Waals surface area contributed by atoms with Crippen molar-refractivity contribution in [2.75, 3.05) is 33.8 Å². The van der Waals surface area contributed by atoms with E-state index in [2.05, 4.69) is 11.0 Å². The topological polar surface area (TPSA) is 56.6 Å². The Morgan fingerprint density at radius 2 is 2.14 bits per heavy atom. The van der Waals surface area contributed by atoms with E-state index in [1.807, 2.05) is 0 Å². The van der Waals surface area contributed by atoms with Gasteiger partial charge >= 0.3 is 0 Å². The van der Waals surface area contributed by atoms with E-state index in [1.54, 1.807) is 43.3 Å². The minimum Gasteiger partial charge on any atom is -0.492 e. The van der Waals surface area contributed by atoms with Gasteiger partial charge in [-0.1, -0.05) is 0 Å². The summed E-state index contributed by atoms with van der Waals surface area (Å²) in [7, 11) is 3.60. The van der Waals surface area contributed by atoms with Gasteiger partial charge in [0.25, 0.3) is 0 Å². The molecule has 1 atom stereocenters. The Hall–Kier alpha value is -2.06. The molecule has 0 aliphatic carbocycles. The maximum absolute atomic E-state index is 12.1. The lowest BCUT2D eigenvalue weighted by Gasteiger charge is -2.25. The summed E-state index contributed by atoms with van der Waals surface area (Å²) < 4.78 is 5.68. The van der Waals surface area contributed by atoms with Gasteiger partial charge in [-0.3, -0.25) is 9.69 Å².